The summed E-state index contributed by atoms with van der Waals surface area (Å²) in [6.45, 7) is 2.03. The molecule has 0 aliphatic carbocycles. The molecule has 0 aliphatic heterocycles. The summed E-state index contributed by atoms with van der Waals surface area (Å²) in [5, 5.41) is 11.0. The number of aryl methyl sites for hydroxylation is 1. The Bertz CT molecular complexity index is 717. The maximum atomic E-state index is 11.8. The molecule has 0 radical (unpaired) electrons. The van der Waals surface area contributed by atoms with Crippen molar-refractivity contribution in [2.75, 3.05) is 6.54 Å². The average Bonchev–Trinajstić information content (AvgIpc) is 2.98. The summed E-state index contributed by atoms with van der Waals surface area (Å²) in [7, 11) is -3.84. The number of carboxylic acids is 1. The number of hydrogen-bond donors (Lipinski definition) is 2. The maximum Gasteiger partial charge on any atom is 0.371 e. The van der Waals surface area contributed by atoms with Crippen LogP contribution in [-0.4, -0.2) is 31.0 Å². The predicted octanol–water partition coefficient (Wildman–Crippen LogP) is 1.26. The molecule has 7 nitrogen and oxygen atoms in total. The van der Waals surface area contributed by atoms with Crippen LogP contribution in [0.3, 0.4) is 0 Å². The van der Waals surface area contributed by atoms with Gasteiger partial charge in [0.05, 0.1) is 10.7 Å². The first-order valence-corrected chi connectivity index (χ1v) is 7.98. The van der Waals surface area contributed by atoms with E-state index in [1.54, 1.807) is 0 Å². The van der Waals surface area contributed by atoms with Crippen LogP contribution in [0.2, 0.25) is 0 Å². The third-order valence-corrected chi connectivity index (χ3v) is 4.55. The third-order valence-electron chi connectivity index (χ3n) is 2.40. The van der Waals surface area contributed by atoms with Crippen molar-refractivity contribution in [2.24, 2.45) is 0 Å². The first-order valence-electron chi connectivity index (χ1n) is 5.62. The summed E-state index contributed by atoms with van der Waals surface area (Å²) < 4.78 is 30.8. The van der Waals surface area contributed by atoms with Gasteiger partial charge in [-0.3, -0.25) is 0 Å². The lowest BCUT2D eigenvalue weighted by Gasteiger charge is -2.02. The molecule has 0 bridgehead atoms. The lowest BCUT2D eigenvalue weighted by Crippen LogP contribution is -2.25. The second-order valence-corrected chi connectivity index (χ2v) is 6.69. The van der Waals surface area contributed by atoms with Gasteiger partial charge in [0.2, 0.25) is 10.9 Å². The summed E-state index contributed by atoms with van der Waals surface area (Å²) >= 11 is 1.49. The number of nitrogens with one attached hydrogen (secondary N) is 1. The molecule has 108 valence electrons. The van der Waals surface area contributed by atoms with Gasteiger partial charge in [-0.25, -0.2) is 22.9 Å². The Labute approximate surface area is 119 Å². The molecule has 2 N–H and O–H groups in total. The lowest BCUT2D eigenvalue weighted by molar-refractivity contribution is 0.0656. The van der Waals surface area contributed by atoms with Crippen LogP contribution in [0.25, 0.3) is 0 Å². The van der Waals surface area contributed by atoms with E-state index in [1.807, 2.05) is 12.3 Å². The Morgan fingerprint density at radius 1 is 1.50 bits per heavy atom. The number of nitrogens with zero attached hydrogens (tertiary/aromatic N) is 1. The van der Waals surface area contributed by atoms with Crippen molar-refractivity contribution in [3.05, 3.63) is 34.0 Å². The smallest absolute Gasteiger partial charge is 0.371 e. The van der Waals surface area contributed by atoms with E-state index in [0.717, 1.165) is 22.8 Å². The van der Waals surface area contributed by atoms with Crippen LogP contribution >= 0.6 is 11.3 Å². The molecule has 0 atom stereocenters. The molecule has 0 amide bonds. The van der Waals surface area contributed by atoms with Gasteiger partial charge in [-0.2, -0.15) is 0 Å². The van der Waals surface area contributed by atoms with Crippen molar-refractivity contribution >= 4 is 27.3 Å². The van der Waals surface area contributed by atoms with Crippen LogP contribution in [0.5, 0.6) is 0 Å². The largest absolute Gasteiger partial charge is 0.475 e. The molecule has 2 heterocycles. The highest BCUT2D eigenvalue weighted by molar-refractivity contribution is 7.89. The number of hydrogen-bond acceptors (Lipinski definition) is 6. The van der Waals surface area contributed by atoms with Gasteiger partial charge in [-0.1, -0.05) is 0 Å². The van der Waals surface area contributed by atoms with Crippen LogP contribution in [0, 0.1) is 6.92 Å². The van der Waals surface area contributed by atoms with E-state index < -0.39 is 26.8 Å². The molecule has 0 saturated heterocycles. The van der Waals surface area contributed by atoms with Gasteiger partial charge in [0, 0.05) is 18.3 Å². The van der Waals surface area contributed by atoms with E-state index >= 15 is 0 Å². The van der Waals surface area contributed by atoms with E-state index in [2.05, 4.69) is 9.71 Å². The van der Waals surface area contributed by atoms with Crippen molar-refractivity contribution in [1.82, 2.24) is 9.71 Å². The Balaban J connectivity index is 1.98. The molecule has 2 rings (SSSR count). The second-order valence-electron chi connectivity index (χ2n) is 3.93. The number of furan rings is 1. The van der Waals surface area contributed by atoms with Crippen LogP contribution in [0.15, 0.2) is 27.0 Å². The molecule has 0 spiro atoms. The minimum Gasteiger partial charge on any atom is -0.475 e. The number of thiazole rings is 1. The van der Waals surface area contributed by atoms with Gasteiger partial charge in [0.1, 0.15) is 0 Å². The molecule has 0 saturated carbocycles. The predicted molar refractivity (Wildman–Crippen MR) is 71.4 cm³/mol. The van der Waals surface area contributed by atoms with Crippen LogP contribution in [-0.2, 0) is 16.4 Å². The summed E-state index contributed by atoms with van der Waals surface area (Å²) in [5.41, 5.74) is 0.806. The molecule has 2 aromatic heterocycles. The van der Waals surface area contributed by atoms with Gasteiger partial charge in [0.25, 0.3) is 10.0 Å². The summed E-state index contributed by atoms with van der Waals surface area (Å²) in [6.07, 6.45) is 0.454. The van der Waals surface area contributed by atoms with Crippen LogP contribution < -0.4 is 4.72 Å². The highest BCUT2D eigenvalue weighted by Crippen LogP contribution is 2.14. The monoisotopic (exact) mass is 316 g/mol. The molecule has 9 heteroatoms. The van der Waals surface area contributed by atoms with Crippen molar-refractivity contribution in [3.8, 4) is 0 Å². The van der Waals surface area contributed by atoms with E-state index in [4.69, 9.17) is 9.52 Å². The number of rotatable bonds is 6. The summed E-state index contributed by atoms with van der Waals surface area (Å²) in [6, 6.07) is 2.21. The number of carbonyl (C=O) groups is 1. The zero-order chi connectivity index (χ0) is 14.8. The standard InChI is InChI=1S/C11H12N2O5S2/c1-7-13-8(6-19-7)4-5-12-20(16,17)10-3-2-9(18-10)11(14)15/h2-3,6,12H,4-5H2,1H3,(H,14,15). The Morgan fingerprint density at radius 2 is 2.25 bits per heavy atom. The highest BCUT2D eigenvalue weighted by atomic mass is 32.2. The molecule has 0 fully saturated rings. The fourth-order valence-electron chi connectivity index (χ4n) is 1.49. The topological polar surface area (TPSA) is 110 Å². The minimum atomic E-state index is -3.84. The van der Waals surface area contributed by atoms with Crippen molar-refractivity contribution in [2.45, 2.75) is 18.4 Å². The number of sulfonamides is 1. The molecule has 20 heavy (non-hydrogen) atoms. The van der Waals surface area contributed by atoms with Crippen molar-refractivity contribution < 1.29 is 22.7 Å². The molecular formula is C11H12N2O5S2. The van der Waals surface area contributed by atoms with Crippen LogP contribution in [0.1, 0.15) is 21.3 Å². The van der Waals surface area contributed by atoms with Crippen molar-refractivity contribution in [3.63, 3.8) is 0 Å². The second kappa shape index (κ2) is 5.73. The quantitative estimate of drug-likeness (QED) is 0.830. The molecular weight excluding hydrogens is 304 g/mol. The van der Waals surface area contributed by atoms with E-state index in [-0.39, 0.29) is 6.54 Å². The third kappa shape index (κ3) is 3.44. The van der Waals surface area contributed by atoms with Gasteiger partial charge >= 0.3 is 5.97 Å². The zero-order valence-corrected chi connectivity index (χ0v) is 12.1. The average molecular weight is 316 g/mol. The number of carboxylic acid groups (broad SMARTS) is 1. The van der Waals surface area contributed by atoms with Gasteiger partial charge in [-0.05, 0) is 19.1 Å². The van der Waals surface area contributed by atoms with Gasteiger partial charge in [0.15, 0.2) is 0 Å². The summed E-state index contributed by atoms with van der Waals surface area (Å²) in [5.74, 6) is -1.73. The van der Waals surface area contributed by atoms with E-state index in [1.165, 1.54) is 11.3 Å². The SMILES string of the molecule is Cc1nc(CCNS(=O)(=O)c2ccc(C(=O)O)o2)cs1. The normalized spacial score (nSPS) is 11.7. The van der Waals surface area contributed by atoms with Crippen LogP contribution in [0.4, 0.5) is 0 Å². The maximum absolute atomic E-state index is 11.8. The lowest BCUT2D eigenvalue weighted by atomic mass is 10.3. The van der Waals surface area contributed by atoms with Crippen molar-refractivity contribution in [1.29, 1.82) is 0 Å². The Hall–Kier alpha value is -1.71. The summed E-state index contributed by atoms with van der Waals surface area (Å²) in [4.78, 5) is 14.8. The number of aromatic carboxylic acids is 1. The minimum absolute atomic E-state index is 0.161. The highest BCUT2D eigenvalue weighted by Gasteiger charge is 2.20. The number of aromatic nitrogens is 1. The van der Waals surface area contributed by atoms with E-state index in [9.17, 15) is 13.2 Å². The fraction of sp³-hybridized carbons (Fsp3) is 0.273. The Morgan fingerprint density at radius 3 is 2.80 bits per heavy atom. The fourth-order valence-corrected chi connectivity index (χ4v) is 3.09. The first-order chi connectivity index (χ1) is 9.38. The Kier molecular flexibility index (Phi) is 4.21. The van der Waals surface area contributed by atoms with E-state index in [0.29, 0.717) is 6.42 Å². The first kappa shape index (κ1) is 14.7. The van der Waals surface area contributed by atoms with Gasteiger partial charge < -0.3 is 9.52 Å². The zero-order valence-electron chi connectivity index (χ0n) is 10.5. The van der Waals surface area contributed by atoms with Gasteiger partial charge in [-0.15, -0.1) is 11.3 Å². The molecule has 0 aliphatic rings. The molecule has 0 aromatic carbocycles. The molecule has 0 unspecified atom stereocenters. The molecule has 2 aromatic rings.